The van der Waals surface area contributed by atoms with Crippen LogP contribution in [0.4, 0.5) is 5.82 Å². The number of benzene rings is 1. The second kappa shape index (κ2) is 6.62. The van der Waals surface area contributed by atoms with Crippen molar-refractivity contribution in [2.75, 3.05) is 19.0 Å². The molecule has 2 aromatic rings. The minimum Gasteiger partial charge on any atom is -0.363 e. The summed E-state index contributed by atoms with van der Waals surface area (Å²) in [5, 5.41) is 3.02. The predicted molar refractivity (Wildman–Crippen MR) is 94.9 cm³/mol. The monoisotopic (exact) mass is 327 g/mol. The van der Waals surface area contributed by atoms with Crippen LogP contribution in [-0.2, 0) is 17.8 Å². The first kappa shape index (κ1) is 15.9. The van der Waals surface area contributed by atoms with Gasteiger partial charge in [0.2, 0.25) is 5.91 Å². The number of aryl methyl sites for hydroxylation is 1. The van der Waals surface area contributed by atoms with E-state index in [1.807, 2.05) is 31.1 Å². The Morgan fingerprint density at radius 1 is 1.35 bits per heavy atom. The molecule has 1 aliphatic heterocycles. The fourth-order valence-electron chi connectivity index (χ4n) is 2.60. The van der Waals surface area contributed by atoms with Crippen molar-refractivity contribution in [3.8, 4) is 0 Å². The summed E-state index contributed by atoms with van der Waals surface area (Å²) >= 11 is 1.67. The number of thioether (sulfide) groups is 1. The molecule has 1 aromatic heterocycles. The van der Waals surface area contributed by atoms with Gasteiger partial charge in [-0.3, -0.25) is 4.79 Å². The van der Waals surface area contributed by atoms with Gasteiger partial charge in [-0.15, -0.1) is 11.8 Å². The molecule has 2 heterocycles. The van der Waals surface area contributed by atoms with Crippen LogP contribution in [0.5, 0.6) is 0 Å². The first-order chi connectivity index (χ1) is 11.0. The number of carbonyl (C=O) groups is 1. The van der Waals surface area contributed by atoms with Crippen LogP contribution in [0.3, 0.4) is 0 Å². The number of nitrogens with one attached hydrogen (secondary N) is 1. The number of hydrogen-bond acceptors (Lipinski definition) is 4. The molecule has 1 aromatic carbocycles. The summed E-state index contributed by atoms with van der Waals surface area (Å²) in [5.41, 5.74) is 3.58. The molecule has 0 saturated carbocycles. The third-order valence-corrected chi connectivity index (χ3v) is 5.22. The van der Waals surface area contributed by atoms with Crippen molar-refractivity contribution in [3.63, 3.8) is 0 Å². The van der Waals surface area contributed by atoms with E-state index in [4.69, 9.17) is 0 Å². The molecule has 23 heavy (non-hydrogen) atoms. The zero-order valence-corrected chi connectivity index (χ0v) is 14.5. The molecule has 5 heteroatoms. The minimum atomic E-state index is -0.0260. The van der Waals surface area contributed by atoms with E-state index in [1.54, 1.807) is 18.0 Å². The van der Waals surface area contributed by atoms with Crippen LogP contribution in [-0.4, -0.2) is 30.2 Å². The Labute approximate surface area is 141 Å². The van der Waals surface area contributed by atoms with Crippen LogP contribution >= 0.6 is 11.8 Å². The molecule has 4 nitrogen and oxygen atoms in total. The van der Waals surface area contributed by atoms with Crippen molar-refractivity contribution >= 4 is 23.5 Å². The molecule has 1 N–H and O–H groups in total. The lowest BCUT2D eigenvalue weighted by molar-refractivity contribution is -0.120. The Bertz CT molecular complexity index is 730. The SMILES string of the molecule is Cc1ccc2c(c1)S[C@H](C(=O)NCc1ccnc(N(C)C)c1)C2. The highest BCUT2D eigenvalue weighted by Crippen LogP contribution is 2.37. The number of anilines is 1. The molecule has 0 unspecified atom stereocenters. The fourth-order valence-corrected chi connectivity index (χ4v) is 3.92. The highest BCUT2D eigenvalue weighted by atomic mass is 32.2. The summed E-state index contributed by atoms with van der Waals surface area (Å²) < 4.78 is 0. The quantitative estimate of drug-likeness (QED) is 0.938. The lowest BCUT2D eigenvalue weighted by atomic mass is 10.1. The van der Waals surface area contributed by atoms with Crippen LogP contribution in [0.1, 0.15) is 16.7 Å². The molecule has 3 rings (SSSR count). The summed E-state index contributed by atoms with van der Waals surface area (Å²) in [5.74, 6) is 1.00. The van der Waals surface area contributed by atoms with Gasteiger partial charge in [0.25, 0.3) is 0 Å². The third kappa shape index (κ3) is 3.67. The van der Waals surface area contributed by atoms with E-state index in [0.29, 0.717) is 6.54 Å². The summed E-state index contributed by atoms with van der Waals surface area (Å²) in [7, 11) is 3.91. The number of hydrogen-bond donors (Lipinski definition) is 1. The van der Waals surface area contributed by atoms with Crippen molar-refractivity contribution in [2.45, 2.75) is 30.0 Å². The second-order valence-electron chi connectivity index (χ2n) is 6.06. The van der Waals surface area contributed by atoms with Crippen LogP contribution in [0, 0.1) is 6.92 Å². The average Bonchev–Trinajstić information content (AvgIpc) is 2.96. The summed E-state index contributed by atoms with van der Waals surface area (Å²) in [4.78, 5) is 19.9. The van der Waals surface area contributed by atoms with Crippen LogP contribution < -0.4 is 10.2 Å². The number of carbonyl (C=O) groups excluding carboxylic acids is 1. The molecule has 0 aliphatic carbocycles. The van der Waals surface area contributed by atoms with E-state index >= 15 is 0 Å². The van der Waals surface area contributed by atoms with E-state index in [9.17, 15) is 4.79 Å². The molecule has 0 bridgehead atoms. The number of rotatable bonds is 4. The van der Waals surface area contributed by atoms with Gasteiger partial charge in [-0.05, 0) is 42.7 Å². The molecule has 0 saturated heterocycles. The van der Waals surface area contributed by atoms with E-state index in [2.05, 4.69) is 35.4 Å². The molecule has 1 atom stereocenters. The van der Waals surface area contributed by atoms with Crippen LogP contribution in [0.2, 0.25) is 0 Å². The smallest absolute Gasteiger partial charge is 0.234 e. The van der Waals surface area contributed by atoms with Crippen LogP contribution in [0.25, 0.3) is 0 Å². The van der Waals surface area contributed by atoms with Crippen molar-refractivity contribution in [2.24, 2.45) is 0 Å². The maximum Gasteiger partial charge on any atom is 0.234 e. The Morgan fingerprint density at radius 2 is 2.17 bits per heavy atom. The fraction of sp³-hybridized carbons (Fsp3) is 0.333. The first-order valence-corrected chi connectivity index (χ1v) is 8.57. The highest BCUT2D eigenvalue weighted by Gasteiger charge is 2.28. The minimum absolute atomic E-state index is 0.0260. The van der Waals surface area contributed by atoms with Gasteiger partial charge in [-0.25, -0.2) is 4.98 Å². The molecule has 120 valence electrons. The van der Waals surface area contributed by atoms with Gasteiger partial charge in [-0.1, -0.05) is 17.7 Å². The highest BCUT2D eigenvalue weighted by molar-refractivity contribution is 8.01. The van der Waals surface area contributed by atoms with Gasteiger partial charge >= 0.3 is 0 Å². The number of pyridine rings is 1. The lowest BCUT2D eigenvalue weighted by Gasteiger charge is -2.13. The Hall–Kier alpha value is -2.01. The molecule has 0 spiro atoms. The standard InChI is InChI=1S/C18H21N3OS/c1-12-4-5-14-10-16(23-15(14)8-12)18(22)20-11-13-6-7-19-17(9-13)21(2)3/h4-9,16H,10-11H2,1-3H3,(H,20,22)/t16-/m0/s1. The average molecular weight is 327 g/mol. The van der Waals surface area contributed by atoms with Crippen molar-refractivity contribution in [3.05, 3.63) is 53.2 Å². The van der Waals surface area contributed by atoms with Crippen LogP contribution in [0.15, 0.2) is 41.4 Å². The third-order valence-electron chi connectivity index (χ3n) is 3.92. The van der Waals surface area contributed by atoms with E-state index < -0.39 is 0 Å². The zero-order valence-electron chi connectivity index (χ0n) is 13.7. The van der Waals surface area contributed by atoms with Gasteiger partial charge in [0, 0.05) is 31.7 Å². The number of nitrogens with zero attached hydrogens (tertiary/aromatic N) is 2. The van der Waals surface area contributed by atoms with Crippen molar-refractivity contribution in [1.29, 1.82) is 0 Å². The Kier molecular flexibility index (Phi) is 4.57. The number of amides is 1. The second-order valence-corrected chi connectivity index (χ2v) is 7.30. The van der Waals surface area contributed by atoms with Gasteiger partial charge < -0.3 is 10.2 Å². The largest absolute Gasteiger partial charge is 0.363 e. The van der Waals surface area contributed by atoms with E-state index in [-0.39, 0.29) is 11.2 Å². The summed E-state index contributed by atoms with van der Waals surface area (Å²) in [6.45, 7) is 2.62. The maximum absolute atomic E-state index is 12.4. The molecular formula is C18H21N3OS. The molecule has 0 radical (unpaired) electrons. The summed E-state index contributed by atoms with van der Waals surface area (Å²) in [6.07, 6.45) is 2.59. The molecular weight excluding hydrogens is 306 g/mol. The molecule has 1 amide bonds. The maximum atomic E-state index is 12.4. The lowest BCUT2D eigenvalue weighted by Crippen LogP contribution is -2.32. The Morgan fingerprint density at radius 3 is 2.96 bits per heavy atom. The van der Waals surface area contributed by atoms with Gasteiger partial charge in [0.05, 0.1) is 5.25 Å². The predicted octanol–water partition coefficient (Wildman–Crippen LogP) is 2.79. The number of aromatic nitrogens is 1. The zero-order chi connectivity index (χ0) is 16.4. The van der Waals surface area contributed by atoms with Gasteiger partial charge in [0.1, 0.15) is 5.82 Å². The van der Waals surface area contributed by atoms with Crippen molar-refractivity contribution < 1.29 is 4.79 Å². The van der Waals surface area contributed by atoms with E-state index in [1.165, 1.54) is 16.0 Å². The Balaban J connectivity index is 1.60. The molecule has 0 fully saturated rings. The summed E-state index contributed by atoms with van der Waals surface area (Å²) in [6, 6.07) is 10.4. The van der Waals surface area contributed by atoms with E-state index in [0.717, 1.165) is 17.8 Å². The molecule has 1 aliphatic rings. The normalized spacial score (nSPS) is 16.0. The van der Waals surface area contributed by atoms with Gasteiger partial charge in [0.15, 0.2) is 0 Å². The van der Waals surface area contributed by atoms with Gasteiger partial charge in [-0.2, -0.15) is 0 Å². The number of fused-ring (bicyclic) bond motifs is 1. The van der Waals surface area contributed by atoms with Crippen molar-refractivity contribution in [1.82, 2.24) is 10.3 Å². The topological polar surface area (TPSA) is 45.2 Å². The first-order valence-electron chi connectivity index (χ1n) is 7.69.